The van der Waals surface area contributed by atoms with Crippen LogP contribution in [0.25, 0.3) is 0 Å². The number of aromatic nitrogens is 2. The molecule has 1 aromatic heterocycles. The molecule has 0 bridgehead atoms. The second-order valence-corrected chi connectivity index (χ2v) is 1.87. The molecule has 0 aliphatic rings. The van der Waals surface area contributed by atoms with Gasteiger partial charge in [0.15, 0.2) is 0 Å². The van der Waals surface area contributed by atoms with Crippen LogP contribution in [0, 0.1) is 11.3 Å². The molecule has 0 saturated heterocycles. The van der Waals surface area contributed by atoms with Gasteiger partial charge in [-0.2, -0.15) is 10.2 Å². The van der Waals surface area contributed by atoms with Crippen molar-refractivity contribution in [2.24, 2.45) is 5.84 Å². The molecule has 0 fully saturated rings. The van der Waals surface area contributed by atoms with Crippen LogP contribution in [0.2, 0.25) is 0 Å². The quantitative estimate of drug-likeness (QED) is 0.459. The summed E-state index contributed by atoms with van der Waals surface area (Å²) in [5.74, 6) is 5.47. The second kappa shape index (κ2) is 3.50. The summed E-state index contributed by atoms with van der Waals surface area (Å²) >= 11 is 0. The summed E-state index contributed by atoms with van der Waals surface area (Å²) in [5.41, 5.74) is 2.52. The van der Waals surface area contributed by atoms with Crippen molar-refractivity contribution in [3.8, 4) is 11.9 Å². The van der Waals surface area contributed by atoms with Crippen LogP contribution >= 0.6 is 0 Å². The van der Waals surface area contributed by atoms with Crippen LogP contribution < -0.4 is 16.0 Å². The highest BCUT2D eigenvalue weighted by molar-refractivity contribution is 5.39. The Bertz CT molecular complexity index is 318. The number of nitriles is 1. The minimum atomic E-state index is 0.209. The van der Waals surface area contributed by atoms with Crippen LogP contribution in [0.15, 0.2) is 6.20 Å². The topological polar surface area (TPSA) is 96.8 Å². The Balaban J connectivity index is 3.13. The lowest BCUT2D eigenvalue weighted by atomic mass is 10.4. The van der Waals surface area contributed by atoms with Crippen molar-refractivity contribution >= 4 is 5.95 Å². The molecule has 1 rings (SSSR count). The van der Waals surface area contributed by atoms with Crippen molar-refractivity contribution in [3.63, 3.8) is 0 Å². The van der Waals surface area contributed by atoms with E-state index in [-0.39, 0.29) is 17.4 Å². The van der Waals surface area contributed by atoms with E-state index >= 15 is 0 Å². The number of ether oxygens (including phenoxy) is 1. The molecule has 1 aromatic rings. The van der Waals surface area contributed by atoms with Crippen molar-refractivity contribution in [1.82, 2.24) is 9.97 Å². The number of nitrogens with zero attached hydrogens (tertiary/aromatic N) is 3. The van der Waals surface area contributed by atoms with Gasteiger partial charge in [0.2, 0.25) is 11.8 Å². The average Bonchev–Trinajstić information content (AvgIpc) is 2.16. The third-order valence-electron chi connectivity index (χ3n) is 1.20. The molecule has 0 spiro atoms. The zero-order chi connectivity index (χ0) is 8.97. The fraction of sp³-hybridized carbons (Fsp3) is 0.167. The monoisotopic (exact) mass is 165 g/mol. The standard InChI is InChI=1S/C6H7N5O/c1-12-5-4(2-7)3-9-6(10-5)11-8/h3H,8H2,1H3,(H,9,10,11). The fourth-order valence-corrected chi connectivity index (χ4v) is 0.668. The SMILES string of the molecule is COc1nc(NN)ncc1C#N. The number of hydrogen-bond donors (Lipinski definition) is 2. The third-order valence-corrected chi connectivity index (χ3v) is 1.20. The maximum Gasteiger partial charge on any atom is 0.240 e. The van der Waals surface area contributed by atoms with Gasteiger partial charge < -0.3 is 4.74 Å². The first kappa shape index (κ1) is 8.23. The molecule has 1 heterocycles. The minimum Gasteiger partial charge on any atom is -0.480 e. The molecular weight excluding hydrogens is 158 g/mol. The lowest BCUT2D eigenvalue weighted by molar-refractivity contribution is 0.396. The lowest BCUT2D eigenvalue weighted by Crippen LogP contribution is -2.11. The van der Waals surface area contributed by atoms with Crippen molar-refractivity contribution < 1.29 is 4.74 Å². The summed E-state index contributed by atoms with van der Waals surface area (Å²) in [6.07, 6.45) is 1.33. The molecule has 6 heteroatoms. The van der Waals surface area contributed by atoms with Gasteiger partial charge >= 0.3 is 0 Å². The highest BCUT2D eigenvalue weighted by Crippen LogP contribution is 2.13. The highest BCUT2D eigenvalue weighted by atomic mass is 16.5. The number of hydrazine groups is 1. The van der Waals surface area contributed by atoms with E-state index in [1.807, 2.05) is 6.07 Å². The Hall–Kier alpha value is -1.87. The molecule has 0 atom stereocenters. The molecule has 0 aromatic carbocycles. The predicted octanol–water partition coefficient (Wildman–Crippen LogP) is -0.358. The van der Waals surface area contributed by atoms with Crippen LogP contribution in [0.4, 0.5) is 5.95 Å². The first-order chi connectivity index (χ1) is 5.81. The van der Waals surface area contributed by atoms with Gasteiger partial charge in [-0.15, -0.1) is 0 Å². The van der Waals surface area contributed by atoms with Gasteiger partial charge in [0.25, 0.3) is 0 Å². The van der Waals surface area contributed by atoms with Crippen LogP contribution in [0.1, 0.15) is 5.56 Å². The smallest absolute Gasteiger partial charge is 0.240 e. The van der Waals surface area contributed by atoms with E-state index in [9.17, 15) is 0 Å². The van der Waals surface area contributed by atoms with Crippen LogP contribution in [0.3, 0.4) is 0 Å². The van der Waals surface area contributed by atoms with Gasteiger partial charge in [-0.1, -0.05) is 0 Å². The van der Waals surface area contributed by atoms with Crippen LogP contribution in [-0.4, -0.2) is 17.1 Å². The summed E-state index contributed by atoms with van der Waals surface area (Å²) in [4.78, 5) is 7.52. The Labute approximate surface area is 69.0 Å². The molecule has 6 nitrogen and oxygen atoms in total. The Morgan fingerprint density at radius 3 is 3.00 bits per heavy atom. The molecule has 0 unspecified atom stereocenters. The van der Waals surface area contributed by atoms with Crippen molar-refractivity contribution in [1.29, 1.82) is 5.26 Å². The number of rotatable bonds is 2. The third kappa shape index (κ3) is 1.41. The first-order valence-corrected chi connectivity index (χ1v) is 3.09. The summed E-state index contributed by atoms with van der Waals surface area (Å²) < 4.78 is 4.81. The molecule has 0 aliphatic carbocycles. The second-order valence-electron chi connectivity index (χ2n) is 1.87. The predicted molar refractivity (Wildman–Crippen MR) is 41.1 cm³/mol. The Kier molecular flexibility index (Phi) is 2.40. The first-order valence-electron chi connectivity index (χ1n) is 3.09. The van der Waals surface area contributed by atoms with E-state index in [1.165, 1.54) is 13.3 Å². The molecule has 12 heavy (non-hydrogen) atoms. The number of nitrogens with one attached hydrogen (secondary N) is 1. The molecule has 3 N–H and O–H groups in total. The van der Waals surface area contributed by atoms with E-state index < -0.39 is 0 Å². The summed E-state index contributed by atoms with van der Waals surface area (Å²) in [6.45, 7) is 0. The normalized spacial score (nSPS) is 8.75. The summed E-state index contributed by atoms with van der Waals surface area (Å²) in [5, 5.41) is 8.55. The average molecular weight is 165 g/mol. The molecule has 0 saturated carbocycles. The van der Waals surface area contributed by atoms with Gasteiger partial charge in [-0.05, 0) is 0 Å². The van der Waals surface area contributed by atoms with E-state index in [0.29, 0.717) is 0 Å². The van der Waals surface area contributed by atoms with E-state index in [0.717, 1.165) is 0 Å². The lowest BCUT2D eigenvalue weighted by Gasteiger charge is -2.02. The van der Waals surface area contributed by atoms with Gasteiger partial charge in [-0.3, -0.25) is 5.43 Å². The maximum absolute atomic E-state index is 8.55. The maximum atomic E-state index is 8.55. The number of methoxy groups -OCH3 is 1. The van der Waals surface area contributed by atoms with Gasteiger partial charge in [-0.25, -0.2) is 10.8 Å². The summed E-state index contributed by atoms with van der Waals surface area (Å²) in [7, 11) is 1.42. The summed E-state index contributed by atoms with van der Waals surface area (Å²) in [6, 6.07) is 1.88. The van der Waals surface area contributed by atoms with Gasteiger partial charge in [0.1, 0.15) is 11.6 Å². The van der Waals surface area contributed by atoms with Crippen molar-refractivity contribution in [2.45, 2.75) is 0 Å². The van der Waals surface area contributed by atoms with E-state index in [2.05, 4.69) is 15.4 Å². The highest BCUT2D eigenvalue weighted by Gasteiger charge is 2.04. The molecule has 0 amide bonds. The molecule has 0 radical (unpaired) electrons. The number of anilines is 1. The largest absolute Gasteiger partial charge is 0.480 e. The fourth-order valence-electron chi connectivity index (χ4n) is 0.668. The number of hydrogen-bond acceptors (Lipinski definition) is 6. The van der Waals surface area contributed by atoms with Crippen molar-refractivity contribution in [2.75, 3.05) is 12.5 Å². The molecule has 62 valence electrons. The van der Waals surface area contributed by atoms with E-state index in [4.69, 9.17) is 15.8 Å². The Morgan fingerprint density at radius 2 is 2.50 bits per heavy atom. The molecular formula is C6H7N5O. The molecule has 0 aliphatic heterocycles. The van der Waals surface area contributed by atoms with Crippen molar-refractivity contribution in [3.05, 3.63) is 11.8 Å². The van der Waals surface area contributed by atoms with Crippen LogP contribution in [0.5, 0.6) is 5.88 Å². The van der Waals surface area contributed by atoms with Crippen LogP contribution in [-0.2, 0) is 0 Å². The van der Waals surface area contributed by atoms with E-state index in [1.54, 1.807) is 0 Å². The Morgan fingerprint density at radius 1 is 1.75 bits per heavy atom. The number of nitrogen functional groups attached to an aromatic ring is 1. The zero-order valence-corrected chi connectivity index (χ0v) is 6.40. The van der Waals surface area contributed by atoms with Gasteiger partial charge in [0.05, 0.1) is 13.3 Å². The number of nitrogens with two attached hydrogens (primary N) is 1. The van der Waals surface area contributed by atoms with Gasteiger partial charge in [0, 0.05) is 0 Å². The zero-order valence-electron chi connectivity index (χ0n) is 6.40. The minimum absolute atomic E-state index is 0.209.